The molecule has 1 aromatic rings. The molecule has 3 nitrogen and oxygen atoms in total. The van der Waals surface area contributed by atoms with E-state index in [0.29, 0.717) is 6.10 Å². The highest BCUT2D eigenvalue weighted by Crippen LogP contribution is 2.17. The number of ether oxygens (including phenoxy) is 1. The van der Waals surface area contributed by atoms with Crippen LogP contribution in [0.4, 0.5) is 0 Å². The quantitative estimate of drug-likeness (QED) is 0.691. The predicted molar refractivity (Wildman–Crippen MR) is 48.6 cm³/mol. The van der Waals surface area contributed by atoms with Gasteiger partial charge in [-0.05, 0) is 25.0 Å². The van der Waals surface area contributed by atoms with Crippen molar-refractivity contribution >= 4 is 11.5 Å². The maximum absolute atomic E-state index is 5.69. The maximum Gasteiger partial charge on any atom is 0.150 e. The van der Waals surface area contributed by atoms with E-state index in [2.05, 4.69) is 16.3 Å². The van der Waals surface area contributed by atoms with E-state index in [1.807, 2.05) is 5.38 Å². The molecule has 4 heteroatoms. The summed E-state index contributed by atoms with van der Waals surface area (Å²) in [5.74, 6) is 0.917. The summed E-state index contributed by atoms with van der Waals surface area (Å²) in [5.41, 5.74) is 0. The first-order chi connectivity index (χ1) is 5.84. The lowest BCUT2D eigenvalue weighted by atomic mass is 10.3. The van der Waals surface area contributed by atoms with Crippen LogP contribution in [0.5, 0.6) is 5.75 Å². The average molecular weight is 184 g/mol. The van der Waals surface area contributed by atoms with Crippen molar-refractivity contribution in [2.45, 2.75) is 12.5 Å². The summed E-state index contributed by atoms with van der Waals surface area (Å²) < 4.78 is 9.68. The Labute approximate surface area is 76.1 Å². The van der Waals surface area contributed by atoms with Gasteiger partial charge in [-0.25, -0.2) is 0 Å². The first kappa shape index (κ1) is 8.01. The van der Waals surface area contributed by atoms with Crippen molar-refractivity contribution < 1.29 is 4.74 Å². The Morgan fingerprint density at radius 1 is 1.75 bits per heavy atom. The summed E-state index contributed by atoms with van der Waals surface area (Å²) in [6, 6.07) is 0. The number of aromatic nitrogens is 1. The normalized spacial score (nSPS) is 24.6. The molecule has 1 aromatic heterocycles. The Balaban J connectivity index is 1.88. The third-order valence-corrected chi connectivity index (χ3v) is 2.63. The summed E-state index contributed by atoms with van der Waals surface area (Å²) in [7, 11) is 2.12. The van der Waals surface area contributed by atoms with Crippen LogP contribution >= 0.6 is 11.5 Å². The highest BCUT2D eigenvalue weighted by molar-refractivity contribution is 7.03. The molecular formula is C8H12N2OS. The molecule has 0 bridgehead atoms. The molecule has 0 aliphatic carbocycles. The fourth-order valence-electron chi connectivity index (χ4n) is 1.44. The minimum Gasteiger partial charge on any atom is -0.486 e. The van der Waals surface area contributed by atoms with Gasteiger partial charge in [-0.15, -0.1) is 0 Å². The third-order valence-electron chi connectivity index (χ3n) is 2.06. The summed E-state index contributed by atoms with van der Waals surface area (Å²) in [4.78, 5) is 2.28. The Morgan fingerprint density at radius 2 is 2.67 bits per heavy atom. The molecule has 1 saturated heterocycles. The van der Waals surface area contributed by atoms with Gasteiger partial charge >= 0.3 is 0 Å². The van der Waals surface area contributed by atoms with Gasteiger partial charge < -0.3 is 9.64 Å². The Morgan fingerprint density at radius 3 is 3.25 bits per heavy atom. The fourth-order valence-corrected chi connectivity index (χ4v) is 1.88. The van der Waals surface area contributed by atoms with E-state index in [0.717, 1.165) is 25.3 Å². The summed E-state index contributed by atoms with van der Waals surface area (Å²) in [5, 5.41) is 1.94. The summed E-state index contributed by atoms with van der Waals surface area (Å²) >= 11 is 1.44. The Kier molecular flexibility index (Phi) is 2.28. The van der Waals surface area contributed by atoms with Crippen molar-refractivity contribution in [2.24, 2.45) is 0 Å². The van der Waals surface area contributed by atoms with Crippen LogP contribution in [0, 0.1) is 0 Å². The van der Waals surface area contributed by atoms with Crippen LogP contribution < -0.4 is 4.74 Å². The minimum atomic E-state index is 0.367. The first-order valence-corrected chi connectivity index (χ1v) is 4.93. The van der Waals surface area contributed by atoms with Gasteiger partial charge in [0.25, 0.3) is 0 Å². The van der Waals surface area contributed by atoms with Gasteiger partial charge in [-0.2, -0.15) is 4.37 Å². The molecule has 2 rings (SSSR count). The van der Waals surface area contributed by atoms with Gasteiger partial charge in [-0.3, -0.25) is 0 Å². The zero-order valence-electron chi connectivity index (χ0n) is 7.06. The lowest BCUT2D eigenvalue weighted by Gasteiger charge is -2.11. The molecule has 12 heavy (non-hydrogen) atoms. The van der Waals surface area contributed by atoms with Gasteiger partial charge in [0.1, 0.15) is 11.9 Å². The van der Waals surface area contributed by atoms with Crippen molar-refractivity contribution in [2.75, 3.05) is 20.1 Å². The number of hydrogen-bond donors (Lipinski definition) is 0. The van der Waals surface area contributed by atoms with Crippen LogP contribution in [-0.4, -0.2) is 35.5 Å². The topological polar surface area (TPSA) is 25.4 Å². The lowest BCUT2D eigenvalue weighted by Crippen LogP contribution is -2.21. The van der Waals surface area contributed by atoms with Crippen LogP contribution in [0.25, 0.3) is 0 Å². The van der Waals surface area contributed by atoms with Crippen LogP contribution in [-0.2, 0) is 0 Å². The minimum absolute atomic E-state index is 0.367. The van der Waals surface area contributed by atoms with Crippen molar-refractivity contribution in [1.82, 2.24) is 9.27 Å². The highest BCUT2D eigenvalue weighted by Gasteiger charge is 2.20. The second kappa shape index (κ2) is 3.41. The largest absolute Gasteiger partial charge is 0.486 e. The predicted octanol–water partition coefficient (Wildman–Crippen LogP) is 1.23. The van der Waals surface area contributed by atoms with E-state index >= 15 is 0 Å². The van der Waals surface area contributed by atoms with Crippen LogP contribution in [0.2, 0.25) is 0 Å². The van der Waals surface area contributed by atoms with Gasteiger partial charge in [0.2, 0.25) is 0 Å². The molecular weight excluding hydrogens is 172 g/mol. The molecule has 0 saturated carbocycles. The monoisotopic (exact) mass is 184 g/mol. The first-order valence-electron chi connectivity index (χ1n) is 4.09. The molecule has 1 aliphatic heterocycles. The van der Waals surface area contributed by atoms with Gasteiger partial charge in [0.15, 0.2) is 0 Å². The fraction of sp³-hybridized carbons (Fsp3) is 0.625. The molecule has 1 atom stereocenters. The zero-order chi connectivity index (χ0) is 8.39. The molecule has 0 amide bonds. The molecule has 0 spiro atoms. The molecule has 0 radical (unpaired) electrons. The van der Waals surface area contributed by atoms with Gasteiger partial charge in [0, 0.05) is 13.1 Å². The van der Waals surface area contributed by atoms with Gasteiger partial charge in [0.05, 0.1) is 11.6 Å². The van der Waals surface area contributed by atoms with Gasteiger partial charge in [-0.1, -0.05) is 0 Å². The summed E-state index contributed by atoms with van der Waals surface area (Å²) in [6.07, 6.45) is 3.28. The molecule has 1 fully saturated rings. The second-order valence-electron chi connectivity index (χ2n) is 3.15. The molecule has 0 aromatic carbocycles. The van der Waals surface area contributed by atoms with E-state index in [9.17, 15) is 0 Å². The standard InChI is InChI=1S/C8H12N2OS/c1-10-3-2-7(5-10)11-8-4-9-12-6-8/h4,6-7H,2-3,5H2,1H3. The van der Waals surface area contributed by atoms with Crippen molar-refractivity contribution in [3.63, 3.8) is 0 Å². The zero-order valence-corrected chi connectivity index (χ0v) is 7.88. The number of nitrogens with zero attached hydrogens (tertiary/aromatic N) is 2. The van der Waals surface area contributed by atoms with Crippen LogP contribution in [0.3, 0.4) is 0 Å². The Bertz CT molecular complexity index is 237. The number of likely N-dealkylation sites (N-methyl/N-ethyl adjacent to an activating group) is 1. The smallest absolute Gasteiger partial charge is 0.150 e. The highest BCUT2D eigenvalue weighted by atomic mass is 32.1. The average Bonchev–Trinajstić information content (AvgIpc) is 2.63. The lowest BCUT2D eigenvalue weighted by molar-refractivity contribution is 0.208. The number of likely N-dealkylation sites (tertiary alicyclic amines) is 1. The van der Waals surface area contributed by atoms with Crippen molar-refractivity contribution in [3.8, 4) is 5.75 Å². The van der Waals surface area contributed by atoms with E-state index in [-0.39, 0.29) is 0 Å². The third kappa shape index (κ3) is 1.76. The molecule has 0 N–H and O–H groups in total. The van der Waals surface area contributed by atoms with E-state index in [1.165, 1.54) is 11.5 Å². The number of hydrogen-bond acceptors (Lipinski definition) is 4. The van der Waals surface area contributed by atoms with E-state index in [1.54, 1.807) is 6.20 Å². The molecule has 2 heterocycles. The van der Waals surface area contributed by atoms with E-state index in [4.69, 9.17) is 4.74 Å². The van der Waals surface area contributed by atoms with Crippen molar-refractivity contribution in [1.29, 1.82) is 0 Å². The van der Waals surface area contributed by atoms with Crippen LogP contribution in [0.1, 0.15) is 6.42 Å². The molecule has 1 unspecified atom stereocenters. The van der Waals surface area contributed by atoms with E-state index < -0.39 is 0 Å². The maximum atomic E-state index is 5.69. The van der Waals surface area contributed by atoms with Crippen LogP contribution in [0.15, 0.2) is 11.6 Å². The number of rotatable bonds is 2. The molecule has 1 aliphatic rings. The second-order valence-corrected chi connectivity index (χ2v) is 3.81. The summed E-state index contributed by atoms with van der Waals surface area (Å²) in [6.45, 7) is 2.18. The molecule has 66 valence electrons. The Hall–Kier alpha value is -0.610. The van der Waals surface area contributed by atoms with Crippen molar-refractivity contribution in [3.05, 3.63) is 11.6 Å². The SMILES string of the molecule is CN1CCC(Oc2cnsc2)C1.